The number of benzene rings is 1. The minimum atomic E-state index is -0.294. The summed E-state index contributed by atoms with van der Waals surface area (Å²) in [4.78, 5) is 13.9. The van der Waals surface area contributed by atoms with Gasteiger partial charge in [-0.25, -0.2) is 9.18 Å². The Morgan fingerprint density at radius 1 is 1.38 bits per heavy atom. The standard InChI is InChI=1S/C15H21FN4O/c16-14-3-1-2-13(12-14)4-5-18-15(21)19-8-11-20-9-6-17-7-10-20/h1-5,12,17H,6-11H2,(H2,18,19,21)/b5-4+. The monoisotopic (exact) mass is 292 g/mol. The lowest BCUT2D eigenvalue weighted by molar-refractivity contribution is 0.229. The molecule has 0 spiro atoms. The molecule has 0 aromatic heterocycles. The Labute approximate surface area is 124 Å². The van der Waals surface area contributed by atoms with Gasteiger partial charge in [0.25, 0.3) is 0 Å². The van der Waals surface area contributed by atoms with Crippen molar-refractivity contribution >= 4 is 12.1 Å². The summed E-state index contributed by atoms with van der Waals surface area (Å²) in [5.74, 6) is -0.294. The van der Waals surface area contributed by atoms with Crippen molar-refractivity contribution in [3.63, 3.8) is 0 Å². The number of halogens is 1. The molecule has 1 aliphatic rings. The number of nitrogens with zero attached hydrogens (tertiary/aromatic N) is 1. The highest BCUT2D eigenvalue weighted by Gasteiger charge is 2.08. The van der Waals surface area contributed by atoms with Gasteiger partial charge >= 0.3 is 6.03 Å². The predicted octanol–water partition coefficient (Wildman–Crippen LogP) is 1.00. The molecule has 1 saturated heterocycles. The van der Waals surface area contributed by atoms with Crippen molar-refractivity contribution in [3.8, 4) is 0 Å². The van der Waals surface area contributed by atoms with E-state index in [0.717, 1.165) is 32.7 Å². The van der Waals surface area contributed by atoms with Gasteiger partial charge in [-0.05, 0) is 23.8 Å². The molecule has 0 aliphatic carbocycles. The third-order valence-corrected chi connectivity index (χ3v) is 3.26. The normalized spacial score (nSPS) is 16.0. The molecule has 2 amide bonds. The summed E-state index contributed by atoms with van der Waals surface area (Å²) in [5, 5.41) is 8.68. The van der Waals surface area contributed by atoms with Gasteiger partial charge in [-0.1, -0.05) is 12.1 Å². The number of carbonyl (C=O) groups is 1. The highest BCUT2D eigenvalue weighted by molar-refractivity contribution is 5.75. The smallest absolute Gasteiger partial charge is 0.318 e. The van der Waals surface area contributed by atoms with Crippen LogP contribution in [0.3, 0.4) is 0 Å². The van der Waals surface area contributed by atoms with Crippen molar-refractivity contribution in [1.29, 1.82) is 0 Å². The molecule has 114 valence electrons. The lowest BCUT2D eigenvalue weighted by Gasteiger charge is -2.26. The third kappa shape index (κ3) is 5.93. The highest BCUT2D eigenvalue weighted by atomic mass is 19.1. The Hall–Kier alpha value is -1.92. The van der Waals surface area contributed by atoms with Crippen LogP contribution in [-0.4, -0.2) is 50.2 Å². The van der Waals surface area contributed by atoms with Gasteiger partial charge in [0.1, 0.15) is 5.82 Å². The van der Waals surface area contributed by atoms with Crippen LogP contribution in [0.15, 0.2) is 30.5 Å². The van der Waals surface area contributed by atoms with E-state index in [1.807, 2.05) is 0 Å². The van der Waals surface area contributed by atoms with Crippen molar-refractivity contribution in [2.45, 2.75) is 0 Å². The molecule has 1 aliphatic heterocycles. The lowest BCUT2D eigenvalue weighted by atomic mass is 10.2. The molecule has 0 bridgehead atoms. The quantitative estimate of drug-likeness (QED) is 0.759. The number of hydrogen-bond donors (Lipinski definition) is 3. The maximum absolute atomic E-state index is 13.0. The summed E-state index contributed by atoms with van der Waals surface area (Å²) in [5.41, 5.74) is 0.705. The molecular formula is C15H21FN4O. The van der Waals surface area contributed by atoms with Gasteiger partial charge in [-0.15, -0.1) is 0 Å². The number of rotatable bonds is 5. The Kier molecular flexibility index (Phi) is 6.18. The Bertz CT molecular complexity index is 486. The van der Waals surface area contributed by atoms with Crippen LogP contribution in [0.2, 0.25) is 0 Å². The van der Waals surface area contributed by atoms with Crippen molar-refractivity contribution in [3.05, 3.63) is 41.8 Å². The molecule has 1 aromatic carbocycles. The van der Waals surface area contributed by atoms with Crippen LogP contribution in [0.1, 0.15) is 5.56 Å². The molecular weight excluding hydrogens is 271 g/mol. The zero-order chi connectivity index (χ0) is 14.9. The number of hydrogen-bond acceptors (Lipinski definition) is 3. The van der Waals surface area contributed by atoms with Crippen LogP contribution in [0.4, 0.5) is 9.18 Å². The molecule has 2 rings (SSSR count). The van der Waals surface area contributed by atoms with Crippen molar-refractivity contribution in [2.75, 3.05) is 39.3 Å². The van der Waals surface area contributed by atoms with Crippen molar-refractivity contribution in [1.82, 2.24) is 20.9 Å². The van der Waals surface area contributed by atoms with E-state index in [1.165, 1.54) is 18.3 Å². The molecule has 3 N–H and O–H groups in total. The molecule has 21 heavy (non-hydrogen) atoms. The molecule has 0 unspecified atom stereocenters. The van der Waals surface area contributed by atoms with Crippen molar-refractivity contribution < 1.29 is 9.18 Å². The molecule has 0 radical (unpaired) electrons. The second kappa shape index (κ2) is 8.39. The van der Waals surface area contributed by atoms with E-state index in [1.54, 1.807) is 18.2 Å². The Balaban J connectivity index is 1.63. The maximum Gasteiger partial charge on any atom is 0.318 e. The van der Waals surface area contributed by atoms with Gasteiger partial charge in [-0.2, -0.15) is 0 Å². The van der Waals surface area contributed by atoms with Crippen molar-refractivity contribution in [2.24, 2.45) is 0 Å². The number of carbonyl (C=O) groups excluding carboxylic acids is 1. The summed E-state index contributed by atoms with van der Waals surface area (Å²) in [7, 11) is 0. The zero-order valence-electron chi connectivity index (χ0n) is 11.9. The summed E-state index contributed by atoms with van der Waals surface area (Å²) < 4.78 is 13.0. The molecule has 5 nitrogen and oxygen atoms in total. The van der Waals surface area contributed by atoms with Gasteiger partial charge in [0, 0.05) is 45.5 Å². The van der Waals surface area contributed by atoms with E-state index in [9.17, 15) is 9.18 Å². The van der Waals surface area contributed by atoms with Crippen LogP contribution < -0.4 is 16.0 Å². The fourth-order valence-corrected chi connectivity index (χ4v) is 2.14. The molecule has 6 heteroatoms. The van der Waals surface area contributed by atoms with E-state index in [2.05, 4.69) is 20.9 Å². The molecule has 1 heterocycles. The third-order valence-electron chi connectivity index (χ3n) is 3.26. The average molecular weight is 292 g/mol. The van der Waals surface area contributed by atoms with E-state index in [4.69, 9.17) is 0 Å². The fraction of sp³-hybridized carbons (Fsp3) is 0.400. The number of nitrogens with one attached hydrogen (secondary N) is 3. The topological polar surface area (TPSA) is 56.4 Å². The van der Waals surface area contributed by atoms with Crippen LogP contribution >= 0.6 is 0 Å². The first kappa shape index (κ1) is 15.5. The van der Waals surface area contributed by atoms with Crippen LogP contribution in [0, 0.1) is 5.82 Å². The van der Waals surface area contributed by atoms with Crippen LogP contribution in [-0.2, 0) is 0 Å². The van der Waals surface area contributed by atoms with E-state index in [-0.39, 0.29) is 11.8 Å². The lowest BCUT2D eigenvalue weighted by Crippen LogP contribution is -2.46. The number of piperazine rings is 1. The molecule has 1 aromatic rings. The predicted molar refractivity (Wildman–Crippen MR) is 81.3 cm³/mol. The van der Waals surface area contributed by atoms with Crippen LogP contribution in [0.5, 0.6) is 0 Å². The number of urea groups is 1. The van der Waals surface area contributed by atoms with Gasteiger partial charge < -0.3 is 16.0 Å². The van der Waals surface area contributed by atoms with Crippen LogP contribution in [0.25, 0.3) is 6.08 Å². The Morgan fingerprint density at radius 3 is 2.95 bits per heavy atom. The number of amides is 2. The maximum atomic E-state index is 13.0. The van der Waals surface area contributed by atoms with Gasteiger partial charge in [-0.3, -0.25) is 4.90 Å². The highest BCUT2D eigenvalue weighted by Crippen LogP contribution is 2.04. The summed E-state index contributed by atoms with van der Waals surface area (Å²) in [6, 6.07) is 5.93. The average Bonchev–Trinajstić information content (AvgIpc) is 2.48. The minimum absolute atomic E-state index is 0.252. The van der Waals surface area contributed by atoms with Gasteiger partial charge in [0.05, 0.1) is 0 Å². The minimum Gasteiger partial charge on any atom is -0.337 e. The zero-order valence-corrected chi connectivity index (χ0v) is 11.9. The van der Waals surface area contributed by atoms with E-state index in [0.29, 0.717) is 12.1 Å². The summed E-state index contributed by atoms with van der Waals surface area (Å²) >= 11 is 0. The summed E-state index contributed by atoms with van der Waals surface area (Å²) in [6.45, 7) is 5.50. The second-order valence-corrected chi connectivity index (χ2v) is 4.88. The van der Waals surface area contributed by atoms with E-state index < -0.39 is 0 Å². The second-order valence-electron chi connectivity index (χ2n) is 4.88. The fourth-order valence-electron chi connectivity index (χ4n) is 2.14. The summed E-state index contributed by atoms with van der Waals surface area (Å²) in [6.07, 6.45) is 3.16. The largest absolute Gasteiger partial charge is 0.337 e. The first-order chi connectivity index (χ1) is 10.2. The SMILES string of the molecule is O=C(N/C=C/c1cccc(F)c1)NCCN1CCNCC1. The first-order valence-electron chi connectivity index (χ1n) is 7.13. The molecule has 1 fully saturated rings. The molecule has 0 saturated carbocycles. The first-order valence-corrected chi connectivity index (χ1v) is 7.13. The van der Waals surface area contributed by atoms with Gasteiger partial charge in [0.15, 0.2) is 0 Å². The molecule has 0 atom stereocenters. The Morgan fingerprint density at radius 2 is 2.19 bits per heavy atom. The van der Waals surface area contributed by atoms with E-state index >= 15 is 0 Å². The van der Waals surface area contributed by atoms with Gasteiger partial charge in [0.2, 0.25) is 0 Å².